The first-order valence-electron chi connectivity index (χ1n) is 29.3. The molecule has 4 aliphatic heterocycles. The van der Waals surface area contributed by atoms with Gasteiger partial charge in [-0.25, -0.2) is 0 Å². The molecule has 3 fully saturated rings. The highest BCUT2D eigenvalue weighted by atomic mass is 16.8. The number of esters is 3. The van der Waals surface area contributed by atoms with E-state index in [2.05, 4.69) is 0 Å². The number of nitrogens with zero attached hydrogens (tertiary/aromatic N) is 1. The van der Waals surface area contributed by atoms with E-state index >= 15 is 0 Å². The van der Waals surface area contributed by atoms with Gasteiger partial charge in [-0.05, 0) is 46.9 Å². The summed E-state index contributed by atoms with van der Waals surface area (Å²) in [6.45, 7) is 4.98. The summed E-state index contributed by atoms with van der Waals surface area (Å²) in [4.78, 5) is 68.4. The van der Waals surface area contributed by atoms with Gasteiger partial charge < -0.3 is 66.3 Å². The minimum atomic E-state index is -1.69. The molecule has 0 radical (unpaired) electrons. The lowest BCUT2D eigenvalue weighted by atomic mass is 9.94. The molecule has 0 aliphatic carbocycles. The smallest absolute Gasteiger partial charge is 0.303 e. The van der Waals surface area contributed by atoms with Crippen LogP contribution in [-0.2, 0) is 114 Å². The normalized spacial score (nSPS) is 27.7. The molecule has 10 rings (SSSR count). The van der Waals surface area contributed by atoms with E-state index < -0.39 is 135 Å². The van der Waals surface area contributed by atoms with Gasteiger partial charge >= 0.3 is 17.9 Å². The lowest BCUT2D eigenvalue weighted by molar-refractivity contribution is -0.380. The minimum Gasteiger partial charge on any atom is -0.463 e. The molecule has 0 N–H and O–H groups in total. The Morgan fingerprint density at radius 1 is 0.398 bits per heavy atom. The largest absolute Gasteiger partial charge is 0.463 e. The fourth-order valence-electron chi connectivity index (χ4n) is 11.4. The Morgan fingerprint density at radius 3 is 1.23 bits per heavy atom. The van der Waals surface area contributed by atoms with E-state index in [1.54, 1.807) is 12.1 Å². The predicted molar refractivity (Wildman–Crippen MR) is 313 cm³/mol. The third-order valence-corrected chi connectivity index (χ3v) is 15.5. The molecule has 4 heterocycles. The van der Waals surface area contributed by atoms with E-state index in [4.69, 9.17) is 66.3 Å². The van der Waals surface area contributed by atoms with Gasteiger partial charge in [0.2, 0.25) is 0 Å². The Morgan fingerprint density at radius 2 is 0.784 bits per heavy atom. The van der Waals surface area contributed by atoms with Gasteiger partial charge in [-0.1, -0.05) is 164 Å². The van der Waals surface area contributed by atoms with Gasteiger partial charge in [-0.15, -0.1) is 0 Å². The molecule has 4 aliphatic rings. The van der Waals surface area contributed by atoms with E-state index in [1.165, 1.54) is 26.2 Å². The molecule has 2 amide bonds. The first kappa shape index (κ1) is 63.4. The minimum absolute atomic E-state index is 0.0250. The second kappa shape index (κ2) is 30.6. The number of amides is 2. The summed E-state index contributed by atoms with van der Waals surface area (Å²) in [5, 5.41) is 0. The van der Waals surface area contributed by atoms with Crippen LogP contribution in [0.4, 0.5) is 0 Å². The van der Waals surface area contributed by atoms with E-state index in [1.807, 2.05) is 159 Å². The Labute approximate surface area is 511 Å². The zero-order chi connectivity index (χ0) is 61.5. The second-order valence-corrected chi connectivity index (χ2v) is 21.7. The summed E-state index contributed by atoms with van der Waals surface area (Å²) >= 11 is 0. The first-order valence-corrected chi connectivity index (χ1v) is 29.3. The van der Waals surface area contributed by atoms with E-state index in [-0.39, 0.29) is 44.2 Å². The summed E-state index contributed by atoms with van der Waals surface area (Å²) in [6.07, 6.45) is -16.4. The SMILES string of the molecule is CO[C@@H]1O[C@H](CO[C@@H]2O[C@H](COC(C)=O)[C@H](OC(C)=O)[C@H](OC(C)=O)[C@H]2N2C(=O)c3ccccc3C2=O)[C@H](OCc2ccccc2)[C@H](OCc2ccccc2)[C@H]1O[C@@H]1O[C@@H](C)[C@@H](OCc2ccccc2)[C@@H](OCc2ccccc2)[C@@H]1OCc1ccccc1. The standard InChI is InChI=1S/C68H73NO19/c1-42-56(77-35-46-23-11-6-12-24-46)60(79-37-48-27-15-8-16-28-48)62(81-39-50-31-19-10-20-32-50)68(83-42)88-63-61(80-38-49-29-17-9-18-30-49)57(78-36-47-25-13-7-14-26-47)53(87-67(63)75-5)41-82-66-55(69-64(73)51-33-21-22-34-52(51)65(69)74)59(85-45(4)72)58(84-44(3)71)54(86-66)40-76-43(2)70/h6-34,42,53-63,66-68H,35-41H2,1-5H3/t42-,53+,54+,55+,56+,57-,58-,59+,60+,61-,62-,63+,66+,67+,68-/m0/s1. The van der Waals surface area contributed by atoms with Crippen molar-refractivity contribution >= 4 is 29.7 Å². The number of carbonyl (C=O) groups is 5. The molecular formula is C68H73NO19. The van der Waals surface area contributed by atoms with Crippen molar-refractivity contribution in [3.05, 3.63) is 215 Å². The summed E-state index contributed by atoms with van der Waals surface area (Å²) in [6, 6.07) is 52.8. The van der Waals surface area contributed by atoms with Crippen LogP contribution in [-0.4, -0.2) is 147 Å². The number of hydrogen-bond donors (Lipinski definition) is 0. The maximum atomic E-state index is 14.5. The van der Waals surface area contributed by atoms with Gasteiger partial charge in [0.25, 0.3) is 11.8 Å². The number of methoxy groups -OCH3 is 1. The second-order valence-electron chi connectivity index (χ2n) is 21.7. The van der Waals surface area contributed by atoms with Crippen LogP contribution in [0.1, 0.15) is 76.2 Å². The highest BCUT2D eigenvalue weighted by Gasteiger charge is 2.59. The molecule has 6 aromatic carbocycles. The van der Waals surface area contributed by atoms with Crippen LogP contribution in [0.5, 0.6) is 0 Å². The number of carbonyl (C=O) groups excluding carboxylic acids is 5. The van der Waals surface area contributed by atoms with Crippen molar-refractivity contribution in [3.63, 3.8) is 0 Å². The molecular weight excluding hydrogens is 1130 g/mol. The number of imide groups is 1. The molecule has 0 spiro atoms. The van der Waals surface area contributed by atoms with Crippen LogP contribution in [0.25, 0.3) is 0 Å². The zero-order valence-corrected chi connectivity index (χ0v) is 49.6. The first-order chi connectivity index (χ1) is 42.8. The van der Waals surface area contributed by atoms with Crippen molar-refractivity contribution in [2.45, 2.75) is 153 Å². The quantitative estimate of drug-likeness (QED) is 0.0284. The summed E-state index contributed by atoms with van der Waals surface area (Å²) in [5.41, 5.74) is 4.48. The fourth-order valence-corrected chi connectivity index (χ4v) is 11.4. The van der Waals surface area contributed by atoms with E-state index in [9.17, 15) is 24.0 Å². The molecule has 0 bridgehead atoms. The van der Waals surface area contributed by atoms with Gasteiger partial charge in [-0.3, -0.25) is 28.9 Å². The molecule has 0 unspecified atom stereocenters. The lowest BCUT2D eigenvalue weighted by Crippen LogP contribution is -2.68. The summed E-state index contributed by atoms with van der Waals surface area (Å²) in [7, 11) is 1.45. The van der Waals surface area contributed by atoms with Crippen LogP contribution in [0, 0.1) is 0 Å². The third kappa shape index (κ3) is 15.8. The van der Waals surface area contributed by atoms with Gasteiger partial charge in [0.05, 0.1) is 56.9 Å². The number of rotatable bonds is 26. The highest BCUT2D eigenvalue weighted by Crippen LogP contribution is 2.39. The van der Waals surface area contributed by atoms with Gasteiger partial charge in [0, 0.05) is 27.9 Å². The van der Waals surface area contributed by atoms with Crippen LogP contribution in [0.15, 0.2) is 176 Å². The van der Waals surface area contributed by atoms with Crippen molar-refractivity contribution < 1.29 is 90.3 Å². The van der Waals surface area contributed by atoms with Crippen molar-refractivity contribution in [2.75, 3.05) is 20.3 Å². The third-order valence-electron chi connectivity index (χ3n) is 15.5. The molecule has 0 aromatic heterocycles. The van der Waals surface area contributed by atoms with Crippen LogP contribution in [0.3, 0.4) is 0 Å². The van der Waals surface area contributed by atoms with Crippen LogP contribution >= 0.6 is 0 Å². The van der Waals surface area contributed by atoms with Crippen LogP contribution < -0.4 is 0 Å². The van der Waals surface area contributed by atoms with Crippen molar-refractivity contribution in [3.8, 4) is 0 Å². The number of hydrogen-bond acceptors (Lipinski definition) is 19. The number of fused-ring (bicyclic) bond motifs is 1. The lowest BCUT2D eigenvalue weighted by Gasteiger charge is -2.50. The van der Waals surface area contributed by atoms with E-state index in [0.717, 1.165) is 46.6 Å². The van der Waals surface area contributed by atoms with Crippen molar-refractivity contribution in [1.29, 1.82) is 0 Å². The maximum absolute atomic E-state index is 14.5. The van der Waals surface area contributed by atoms with E-state index in [0.29, 0.717) is 0 Å². The molecule has 20 nitrogen and oxygen atoms in total. The average molecular weight is 1210 g/mol. The summed E-state index contributed by atoms with van der Waals surface area (Å²) in [5.74, 6) is -3.93. The Bertz CT molecular complexity index is 3180. The fraction of sp³-hybridized carbons (Fsp3) is 0.397. The van der Waals surface area contributed by atoms with Gasteiger partial charge in [0.15, 0.2) is 31.1 Å². The monoisotopic (exact) mass is 1210 g/mol. The predicted octanol–water partition coefficient (Wildman–Crippen LogP) is 8.25. The van der Waals surface area contributed by atoms with Gasteiger partial charge in [-0.2, -0.15) is 0 Å². The average Bonchev–Trinajstić information content (AvgIpc) is 1.78. The van der Waals surface area contributed by atoms with Crippen molar-refractivity contribution in [2.24, 2.45) is 0 Å². The molecule has 6 aromatic rings. The maximum Gasteiger partial charge on any atom is 0.303 e. The van der Waals surface area contributed by atoms with Gasteiger partial charge in [0.1, 0.15) is 61.5 Å². The number of ether oxygens (including phenoxy) is 14. The molecule has 0 saturated carbocycles. The molecule has 15 atom stereocenters. The Balaban J connectivity index is 1.03. The van der Waals surface area contributed by atoms with Crippen LogP contribution in [0.2, 0.25) is 0 Å². The highest BCUT2D eigenvalue weighted by molar-refractivity contribution is 6.21. The molecule has 3 saturated heterocycles. The zero-order valence-electron chi connectivity index (χ0n) is 49.6. The molecule has 464 valence electrons. The number of benzene rings is 6. The topological polar surface area (TPSA) is 218 Å². The summed E-state index contributed by atoms with van der Waals surface area (Å²) < 4.78 is 92.7. The molecule has 20 heteroatoms. The Hall–Kier alpha value is -7.57. The van der Waals surface area contributed by atoms with Crippen molar-refractivity contribution in [1.82, 2.24) is 4.90 Å². The Kier molecular flexibility index (Phi) is 22.0. The molecule has 88 heavy (non-hydrogen) atoms.